The van der Waals surface area contributed by atoms with Gasteiger partial charge in [0.1, 0.15) is 5.82 Å². The van der Waals surface area contributed by atoms with Crippen LogP contribution in [0, 0.1) is 5.82 Å². The Hall–Kier alpha value is -0.940. The number of aliphatic imine (C=N–C) groups is 1. The molecule has 1 aromatic rings. The summed E-state index contributed by atoms with van der Waals surface area (Å²) < 4.78 is 35.0. The maximum Gasteiger partial charge on any atom is 0.210 e. The van der Waals surface area contributed by atoms with E-state index in [2.05, 4.69) is 10.3 Å². The van der Waals surface area contributed by atoms with E-state index in [0.717, 1.165) is 5.56 Å². The number of sulfonamides is 1. The normalized spacial score (nSPS) is 11.7. The Labute approximate surface area is 148 Å². The first-order chi connectivity index (χ1) is 9.81. The average molecular weight is 444 g/mol. The van der Waals surface area contributed by atoms with E-state index in [-0.39, 0.29) is 42.1 Å². The zero-order valence-corrected chi connectivity index (χ0v) is 15.8. The topological polar surface area (TPSA) is 87.8 Å². The smallest absolute Gasteiger partial charge is 0.210 e. The minimum Gasteiger partial charge on any atom is -0.357 e. The molecule has 0 aliphatic heterocycles. The number of halogens is 2. The molecule has 0 saturated carbocycles. The van der Waals surface area contributed by atoms with Gasteiger partial charge < -0.3 is 10.2 Å². The highest BCUT2D eigenvalue weighted by Crippen LogP contribution is 2.06. The molecule has 0 fully saturated rings. The van der Waals surface area contributed by atoms with Gasteiger partial charge in [-0.15, -0.1) is 24.0 Å². The zero-order valence-electron chi connectivity index (χ0n) is 12.6. The van der Waals surface area contributed by atoms with Crippen molar-refractivity contribution in [1.29, 1.82) is 0 Å². The molecule has 22 heavy (non-hydrogen) atoms. The zero-order chi connectivity index (χ0) is 15.9. The molecule has 126 valence electrons. The summed E-state index contributed by atoms with van der Waals surface area (Å²) in [4.78, 5) is 5.99. The van der Waals surface area contributed by atoms with Gasteiger partial charge in [0, 0.05) is 20.1 Å². The van der Waals surface area contributed by atoms with E-state index in [9.17, 15) is 12.8 Å². The summed E-state index contributed by atoms with van der Waals surface area (Å²) >= 11 is 0. The van der Waals surface area contributed by atoms with E-state index in [1.54, 1.807) is 18.0 Å². The molecule has 0 atom stereocenters. The van der Waals surface area contributed by atoms with E-state index in [1.165, 1.54) is 12.1 Å². The number of nitrogens with zero attached hydrogens (tertiary/aromatic N) is 2. The molecule has 0 aromatic heterocycles. The molecule has 6 nitrogen and oxygen atoms in total. The Balaban J connectivity index is 0.00000441. The largest absolute Gasteiger partial charge is 0.357 e. The summed E-state index contributed by atoms with van der Waals surface area (Å²) in [6.07, 6.45) is 0. The highest BCUT2D eigenvalue weighted by molar-refractivity contribution is 14.0. The Morgan fingerprint density at radius 1 is 1.45 bits per heavy atom. The minimum absolute atomic E-state index is 0. The van der Waals surface area contributed by atoms with Crippen molar-refractivity contribution in [2.45, 2.75) is 13.5 Å². The van der Waals surface area contributed by atoms with Crippen LogP contribution in [-0.2, 0) is 16.6 Å². The van der Waals surface area contributed by atoms with Crippen LogP contribution in [0.25, 0.3) is 0 Å². The number of hydrogen-bond acceptors (Lipinski definition) is 3. The molecule has 0 radical (unpaired) electrons. The highest BCUT2D eigenvalue weighted by atomic mass is 127. The van der Waals surface area contributed by atoms with Gasteiger partial charge in [0.25, 0.3) is 0 Å². The lowest BCUT2D eigenvalue weighted by Gasteiger charge is -2.22. The lowest BCUT2D eigenvalue weighted by atomic mass is 10.2. The van der Waals surface area contributed by atoms with Gasteiger partial charge in [-0.05, 0) is 24.6 Å². The van der Waals surface area contributed by atoms with Gasteiger partial charge in [0.2, 0.25) is 10.0 Å². The van der Waals surface area contributed by atoms with Crippen LogP contribution >= 0.6 is 24.0 Å². The van der Waals surface area contributed by atoms with Crippen molar-refractivity contribution in [3.8, 4) is 0 Å². The lowest BCUT2D eigenvalue weighted by Crippen LogP contribution is -2.39. The summed E-state index contributed by atoms with van der Waals surface area (Å²) in [6, 6.07) is 6.29. The van der Waals surface area contributed by atoms with E-state index in [4.69, 9.17) is 5.14 Å². The Kier molecular flexibility index (Phi) is 9.53. The number of hydrogen-bond donors (Lipinski definition) is 2. The van der Waals surface area contributed by atoms with Gasteiger partial charge in [0.15, 0.2) is 5.96 Å². The molecule has 9 heteroatoms. The van der Waals surface area contributed by atoms with Crippen molar-refractivity contribution in [3.63, 3.8) is 0 Å². The first kappa shape index (κ1) is 21.1. The third-order valence-electron chi connectivity index (χ3n) is 2.64. The molecular formula is C13H22FIN4O2S. The van der Waals surface area contributed by atoms with Crippen molar-refractivity contribution in [2.75, 3.05) is 25.9 Å². The van der Waals surface area contributed by atoms with Gasteiger partial charge in [-0.1, -0.05) is 12.1 Å². The summed E-state index contributed by atoms with van der Waals surface area (Å²) in [7, 11) is -1.73. The predicted molar refractivity (Wildman–Crippen MR) is 97.2 cm³/mol. The third-order valence-corrected chi connectivity index (χ3v) is 3.39. The molecular weight excluding hydrogens is 422 g/mol. The monoisotopic (exact) mass is 444 g/mol. The molecule has 1 aromatic carbocycles. The SMILES string of the molecule is CCNC(=NCCS(N)(=O)=O)N(C)Cc1cccc(F)c1.I. The van der Waals surface area contributed by atoms with E-state index in [0.29, 0.717) is 19.0 Å². The summed E-state index contributed by atoms with van der Waals surface area (Å²) in [5.74, 6) is 0.0397. The van der Waals surface area contributed by atoms with Crippen LogP contribution < -0.4 is 10.5 Å². The second kappa shape index (κ2) is 9.95. The first-order valence-corrected chi connectivity index (χ1v) is 8.27. The standard InChI is InChI=1S/C13H21FN4O2S.HI/c1-3-16-13(17-7-8-21(15,19)20)18(2)10-11-5-4-6-12(14)9-11;/h4-6,9H,3,7-8,10H2,1-2H3,(H,16,17)(H2,15,19,20);1H. The van der Waals surface area contributed by atoms with E-state index in [1.807, 2.05) is 13.0 Å². The first-order valence-electron chi connectivity index (χ1n) is 6.56. The summed E-state index contributed by atoms with van der Waals surface area (Å²) in [6.45, 7) is 3.08. The molecule has 0 spiro atoms. The molecule has 0 aliphatic rings. The van der Waals surface area contributed by atoms with E-state index >= 15 is 0 Å². The fourth-order valence-electron chi connectivity index (χ4n) is 1.73. The van der Waals surface area contributed by atoms with Crippen LogP contribution in [0.5, 0.6) is 0 Å². The summed E-state index contributed by atoms with van der Waals surface area (Å²) in [5.41, 5.74) is 0.801. The number of nitrogens with one attached hydrogen (secondary N) is 1. The Morgan fingerprint density at radius 2 is 2.14 bits per heavy atom. The second-order valence-corrected chi connectivity index (χ2v) is 6.32. The highest BCUT2D eigenvalue weighted by Gasteiger charge is 2.08. The van der Waals surface area contributed by atoms with Crippen molar-refractivity contribution < 1.29 is 12.8 Å². The van der Waals surface area contributed by atoms with Crippen molar-refractivity contribution in [2.24, 2.45) is 10.1 Å². The fraction of sp³-hybridized carbons (Fsp3) is 0.462. The van der Waals surface area contributed by atoms with Gasteiger partial charge in [0.05, 0.1) is 12.3 Å². The molecule has 0 unspecified atom stereocenters. The molecule has 3 N–H and O–H groups in total. The number of nitrogens with two attached hydrogens (primary N) is 1. The maximum atomic E-state index is 13.2. The maximum absolute atomic E-state index is 13.2. The van der Waals surface area contributed by atoms with Crippen molar-refractivity contribution >= 4 is 40.0 Å². The van der Waals surface area contributed by atoms with Crippen LogP contribution in [0.3, 0.4) is 0 Å². The molecule has 0 saturated heterocycles. The van der Waals surface area contributed by atoms with E-state index < -0.39 is 10.0 Å². The van der Waals surface area contributed by atoms with Gasteiger partial charge >= 0.3 is 0 Å². The van der Waals surface area contributed by atoms with Crippen LogP contribution in [-0.4, -0.2) is 45.2 Å². The number of primary sulfonamides is 1. The Morgan fingerprint density at radius 3 is 2.68 bits per heavy atom. The number of rotatable bonds is 6. The van der Waals surface area contributed by atoms with Crippen LogP contribution in [0.15, 0.2) is 29.3 Å². The summed E-state index contributed by atoms with van der Waals surface area (Å²) in [5, 5.41) is 7.99. The molecule has 0 heterocycles. The predicted octanol–water partition coefficient (Wildman–Crippen LogP) is 1.13. The third kappa shape index (κ3) is 8.49. The molecule has 0 aliphatic carbocycles. The average Bonchev–Trinajstić information content (AvgIpc) is 2.36. The second-order valence-electron chi connectivity index (χ2n) is 4.59. The van der Waals surface area contributed by atoms with Gasteiger partial charge in [-0.3, -0.25) is 4.99 Å². The molecule has 0 bridgehead atoms. The number of guanidine groups is 1. The van der Waals surface area contributed by atoms with Crippen molar-refractivity contribution in [3.05, 3.63) is 35.6 Å². The Bertz CT molecular complexity index is 595. The minimum atomic E-state index is -3.53. The van der Waals surface area contributed by atoms with Crippen LogP contribution in [0.4, 0.5) is 4.39 Å². The van der Waals surface area contributed by atoms with Gasteiger partial charge in [-0.25, -0.2) is 17.9 Å². The number of benzene rings is 1. The fourth-order valence-corrected chi connectivity index (χ4v) is 2.08. The van der Waals surface area contributed by atoms with Crippen molar-refractivity contribution in [1.82, 2.24) is 10.2 Å². The molecule has 0 amide bonds. The molecule has 1 rings (SSSR count). The quantitative estimate of drug-likeness (QED) is 0.391. The van der Waals surface area contributed by atoms with Crippen LogP contribution in [0.1, 0.15) is 12.5 Å². The van der Waals surface area contributed by atoms with Gasteiger partial charge in [-0.2, -0.15) is 0 Å². The van der Waals surface area contributed by atoms with Crippen LogP contribution in [0.2, 0.25) is 0 Å². The lowest BCUT2D eigenvalue weighted by molar-refractivity contribution is 0.475.